The zero-order valence-electron chi connectivity index (χ0n) is 21.4. The minimum Gasteiger partial charge on any atom is -0.387 e. The molecule has 0 radical (unpaired) electrons. The molecular formula is C27H28F3N5O3S. The highest BCUT2D eigenvalue weighted by atomic mass is 32.2. The van der Waals surface area contributed by atoms with Gasteiger partial charge in [-0.15, -0.1) is 0 Å². The summed E-state index contributed by atoms with van der Waals surface area (Å²) >= 11 is 0. The molecule has 5 rings (SSSR count). The number of carbonyl (C=O) groups excluding carboxylic acids is 1. The lowest BCUT2D eigenvalue weighted by molar-refractivity contribution is 0.102. The van der Waals surface area contributed by atoms with Crippen molar-refractivity contribution in [2.45, 2.75) is 43.2 Å². The van der Waals surface area contributed by atoms with E-state index in [-0.39, 0.29) is 16.6 Å². The molecule has 4 atom stereocenters. The maximum absolute atomic E-state index is 14.8. The van der Waals surface area contributed by atoms with Crippen LogP contribution in [0.4, 0.5) is 24.5 Å². The Morgan fingerprint density at radius 2 is 1.90 bits per heavy atom. The van der Waals surface area contributed by atoms with E-state index in [1.807, 2.05) is 0 Å². The molecule has 12 heteroatoms. The van der Waals surface area contributed by atoms with Crippen molar-refractivity contribution in [2.75, 3.05) is 29.6 Å². The highest BCUT2D eigenvalue weighted by Gasteiger charge is 2.32. The van der Waals surface area contributed by atoms with Gasteiger partial charge in [-0.1, -0.05) is 6.92 Å². The number of piperidine rings is 1. The predicted octanol–water partition coefficient (Wildman–Crippen LogP) is 3.70. The standard InChI is InChI=1S/C27H28F3N5O3S/c1-13-7-14(31)12-35(11-13)26-16-3-6-22(36)24(16)32-10-21(26)34-27(37)20-5-4-17(28)25(33-20)23-18(29)8-15(39(2)38)9-19(23)30/h4-5,8-10,13-14,22,36H,3,6-7,11-12,31H2,1-2H3,(H,34,37). The molecule has 1 aliphatic heterocycles. The smallest absolute Gasteiger partial charge is 0.274 e. The molecule has 3 aromatic rings. The number of nitrogens with one attached hydrogen (secondary N) is 1. The number of halogens is 3. The van der Waals surface area contributed by atoms with E-state index >= 15 is 0 Å². The molecule has 1 aromatic carbocycles. The molecule has 8 nitrogen and oxygen atoms in total. The summed E-state index contributed by atoms with van der Waals surface area (Å²) < 4.78 is 55.9. The van der Waals surface area contributed by atoms with Gasteiger partial charge in [0.1, 0.15) is 28.8 Å². The van der Waals surface area contributed by atoms with E-state index in [4.69, 9.17) is 5.73 Å². The van der Waals surface area contributed by atoms with Gasteiger partial charge in [0.25, 0.3) is 5.91 Å². The minimum absolute atomic E-state index is 0.0740. The highest BCUT2D eigenvalue weighted by molar-refractivity contribution is 7.84. The Balaban J connectivity index is 1.52. The summed E-state index contributed by atoms with van der Waals surface area (Å²) in [5, 5.41) is 13.2. The van der Waals surface area contributed by atoms with Crippen LogP contribution in [0.2, 0.25) is 0 Å². The van der Waals surface area contributed by atoms with E-state index in [2.05, 4.69) is 27.1 Å². The van der Waals surface area contributed by atoms with Gasteiger partial charge in [-0.2, -0.15) is 0 Å². The maximum atomic E-state index is 14.8. The second-order valence-electron chi connectivity index (χ2n) is 10.1. The van der Waals surface area contributed by atoms with Crippen molar-refractivity contribution in [2.24, 2.45) is 11.7 Å². The number of anilines is 2. The number of hydrogen-bond acceptors (Lipinski definition) is 7. The van der Waals surface area contributed by atoms with Crippen molar-refractivity contribution in [3.8, 4) is 11.3 Å². The summed E-state index contributed by atoms with van der Waals surface area (Å²) in [6, 6.07) is 3.65. The van der Waals surface area contributed by atoms with E-state index in [9.17, 15) is 27.3 Å². The molecule has 39 heavy (non-hydrogen) atoms. The number of rotatable bonds is 5. The van der Waals surface area contributed by atoms with Crippen LogP contribution in [-0.4, -0.2) is 50.6 Å². The summed E-state index contributed by atoms with van der Waals surface area (Å²) in [5.74, 6) is -3.76. The Labute approximate surface area is 225 Å². The average molecular weight is 560 g/mol. The van der Waals surface area contributed by atoms with Crippen LogP contribution in [0.1, 0.15) is 47.6 Å². The Hall–Kier alpha value is -3.35. The number of hydrogen-bond donors (Lipinski definition) is 3. The van der Waals surface area contributed by atoms with Crippen molar-refractivity contribution >= 4 is 28.1 Å². The Morgan fingerprint density at radius 3 is 2.56 bits per heavy atom. The number of amides is 1. The molecule has 3 heterocycles. The fourth-order valence-electron chi connectivity index (χ4n) is 5.42. The first-order valence-corrected chi connectivity index (χ1v) is 14.1. The van der Waals surface area contributed by atoms with Gasteiger partial charge in [-0.05, 0) is 49.4 Å². The van der Waals surface area contributed by atoms with Crippen LogP contribution in [0, 0.1) is 23.4 Å². The van der Waals surface area contributed by atoms with Crippen LogP contribution in [0.5, 0.6) is 0 Å². The maximum Gasteiger partial charge on any atom is 0.274 e. The largest absolute Gasteiger partial charge is 0.387 e. The lowest BCUT2D eigenvalue weighted by Crippen LogP contribution is -2.47. The van der Waals surface area contributed by atoms with Crippen molar-refractivity contribution in [3.05, 3.63) is 64.9 Å². The molecule has 1 amide bonds. The summed E-state index contributed by atoms with van der Waals surface area (Å²) in [4.78, 5) is 23.6. The monoisotopic (exact) mass is 559 g/mol. The first-order chi connectivity index (χ1) is 18.5. The van der Waals surface area contributed by atoms with E-state index in [1.54, 1.807) is 0 Å². The van der Waals surface area contributed by atoms with Crippen LogP contribution in [0.25, 0.3) is 11.3 Å². The third-order valence-electron chi connectivity index (χ3n) is 7.09. The third-order valence-corrected chi connectivity index (χ3v) is 7.99. The number of carbonyl (C=O) groups is 1. The van der Waals surface area contributed by atoms with Gasteiger partial charge in [-0.25, -0.2) is 18.2 Å². The fourth-order valence-corrected chi connectivity index (χ4v) is 5.95. The van der Waals surface area contributed by atoms with Crippen LogP contribution < -0.4 is 16.0 Å². The van der Waals surface area contributed by atoms with E-state index in [1.165, 1.54) is 12.5 Å². The van der Waals surface area contributed by atoms with Crippen LogP contribution in [-0.2, 0) is 17.2 Å². The molecule has 4 N–H and O–H groups in total. The molecule has 0 spiro atoms. The molecule has 2 aliphatic rings. The number of fused-ring (bicyclic) bond motifs is 1. The summed E-state index contributed by atoms with van der Waals surface area (Å²) in [5.41, 5.74) is 7.03. The molecule has 1 aliphatic carbocycles. The quantitative estimate of drug-likeness (QED) is 0.436. The van der Waals surface area contributed by atoms with Crippen LogP contribution in [0.15, 0.2) is 35.4 Å². The Kier molecular flexibility index (Phi) is 7.45. The second-order valence-corrected chi connectivity index (χ2v) is 11.5. The summed E-state index contributed by atoms with van der Waals surface area (Å²) in [6.45, 7) is 3.34. The van der Waals surface area contributed by atoms with Crippen molar-refractivity contribution in [1.29, 1.82) is 0 Å². The molecule has 206 valence electrons. The Morgan fingerprint density at radius 1 is 1.18 bits per heavy atom. The summed E-state index contributed by atoms with van der Waals surface area (Å²) in [6.07, 6.45) is 3.95. The van der Waals surface area contributed by atoms with Gasteiger partial charge in [0, 0.05) is 46.6 Å². The SMILES string of the molecule is CC1CC(N)CN(c2c(NC(=O)c3ccc(F)c(-c4c(F)cc(S(C)=O)cc4F)n3)cnc3c2CCC3O)C1. The van der Waals surface area contributed by atoms with Gasteiger partial charge in [0.05, 0.1) is 34.9 Å². The topological polar surface area (TPSA) is 121 Å². The highest BCUT2D eigenvalue weighted by Crippen LogP contribution is 2.41. The lowest BCUT2D eigenvalue weighted by atomic mass is 9.95. The molecule has 4 unspecified atom stereocenters. The summed E-state index contributed by atoms with van der Waals surface area (Å²) in [7, 11) is -1.66. The van der Waals surface area contributed by atoms with Gasteiger partial charge in [0.15, 0.2) is 0 Å². The normalized spacial score (nSPS) is 21.5. The average Bonchev–Trinajstić information content (AvgIpc) is 3.24. The molecule has 0 bridgehead atoms. The van der Waals surface area contributed by atoms with Crippen molar-refractivity contribution in [3.63, 3.8) is 0 Å². The number of aromatic nitrogens is 2. The molecule has 2 aromatic heterocycles. The number of aliphatic hydroxyl groups is 1. The predicted molar refractivity (Wildman–Crippen MR) is 141 cm³/mol. The van der Waals surface area contributed by atoms with Crippen molar-refractivity contribution < 1.29 is 27.3 Å². The van der Waals surface area contributed by atoms with Gasteiger partial charge in [-0.3, -0.25) is 14.0 Å². The first kappa shape index (κ1) is 27.2. The fraction of sp³-hybridized carbons (Fsp3) is 0.370. The lowest BCUT2D eigenvalue weighted by Gasteiger charge is -2.38. The van der Waals surface area contributed by atoms with Crippen LogP contribution >= 0.6 is 0 Å². The number of nitrogens with zero attached hydrogens (tertiary/aromatic N) is 3. The zero-order chi connectivity index (χ0) is 28.0. The number of pyridine rings is 2. The first-order valence-electron chi connectivity index (χ1n) is 12.5. The van der Waals surface area contributed by atoms with Crippen LogP contribution in [0.3, 0.4) is 0 Å². The zero-order valence-corrected chi connectivity index (χ0v) is 22.2. The van der Waals surface area contributed by atoms with E-state index < -0.39 is 51.5 Å². The van der Waals surface area contributed by atoms with Gasteiger partial charge < -0.3 is 21.1 Å². The molecule has 1 saturated heterocycles. The molecule has 1 fully saturated rings. The Bertz CT molecular complexity index is 1450. The number of aliphatic hydroxyl groups excluding tert-OH is 1. The second kappa shape index (κ2) is 10.7. The molecule has 0 saturated carbocycles. The van der Waals surface area contributed by atoms with Gasteiger partial charge >= 0.3 is 0 Å². The van der Waals surface area contributed by atoms with E-state index in [0.29, 0.717) is 43.2 Å². The molecular weight excluding hydrogens is 531 g/mol. The number of benzene rings is 1. The minimum atomic E-state index is -1.66. The van der Waals surface area contributed by atoms with Crippen molar-refractivity contribution in [1.82, 2.24) is 9.97 Å². The van der Waals surface area contributed by atoms with Gasteiger partial charge in [0.2, 0.25) is 0 Å². The third kappa shape index (κ3) is 5.28. The number of nitrogens with two attached hydrogens (primary N) is 1. The van der Waals surface area contributed by atoms with E-state index in [0.717, 1.165) is 41.9 Å².